The van der Waals surface area contributed by atoms with Gasteiger partial charge in [0.2, 0.25) is 0 Å². The van der Waals surface area contributed by atoms with Crippen molar-refractivity contribution < 1.29 is 19.7 Å². The number of benzene rings is 1. The summed E-state index contributed by atoms with van der Waals surface area (Å²) in [5.74, 6) is 0. The Hall–Kier alpha value is -0.940. The summed E-state index contributed by atoms with van der Waals surface area (Å²) in [7, 11) is 0. The Morgan fingerprint density at radius 2 is 2.17 bits per heavy atom. The van der Waals surface area contributed by atoms with E-state index in [1.54, 1.807) is 6.92 Å². The normalized spacial score (nSPS) is 30.1. The molecule has 1 saturated heterocycles. The zero-order chi connectivity index (χ0) is 13.0. The van der Waals surface area contributed by atoms with Crippen LogP contribution in [0.4, 0.5) is 0 Å². The van der Waals surface area contributed by atoms with Gasteiger partial charge in [0.25, 0.3) is 0 Å². The average Bonchev–Trinajstić information content (AvgIpc) is 2.36. The van der Waals surface area contributed by atoms with E-state index >= 15 is 0 Å². The Morgan fingerprint density at radius 1 is 1.44 bits per heavy atom. The molecule has 1 fully saturated rings. The van der Waals surface area contributed by atoms with Crippen LogP contribution in [0.15, 0.2) is 30.3 Å². The summed E-state index contributed by atoms with van der Waals surface area (Å²) in [4.78, 5) is 0. The molecule has 1 aliphatic rings. The highest BCUT2D eigenvalue weighted by Gasteiger charge is 2.32. The van der Waals surface area contributed by atoms with Crippen LogP contribution in [0.25, 0.3) is 0 Å². The van der Waals surface area contributed by atoms with Gasteiger partial charge < -0.3 is 19.7 Å². The SMILES string of the molecule is C[C@@]1(O)CCO[C@@H](O[C@H](CO)c2ccccc2)C1. The maximum absolute atomic E-state index is 9.98. The second kappa shape index (κ2) is 5.80. The molecule has 0 spiro atoms. The molecule has 4 heteroatoms. The molecule has 0 aliphatic carbocycles. The molecule has 0 bridgehead atoms. The van der Waals surface area contributed by atoms with E-state index in [4.69, 9.17) is 9.47 Å². The second-order valence-electron chi connectivity index (χ2n) is 4.97. The Kier molecular flexibility index (Phi) is 4.35. The van der Waals surface area contributed by atoms with Gasteiger partial charge >= 0.3 is 0 Å². The Labute approximate surface area is 107 Å². The summed E-state index contributed by atoms with van der Waals surface area (Å²) in [6, 6.07) is 9.53. The monoisotopic (exact) mass is 252 g/mol. The highest BCUT2D eigenvalue weighted by atomic mass is 16.7. The van der Waals surface area contributed by atoms with Crippen molar-refractivity contribution in [3.05, 3.63) is 35.9 Å². The molecule has 2 N–H and O–H groups in total. The third kappa shape index (κ3) is 3.53. The minimum absolute atomic E-state index is 0.105. The minimum atomic E-state index is -0.750. The topological polar surface area (TPSA) is 58.9 Å². The van der Waals surface area contributed by atoms with Crippen LogP contribution in [-0.4, -0.2) is 35.3 Å². The maximum atomic E-state index is 9.98. The fourth-order valence-electron chi connectivity index (χ4n) is 2.10. The summed E-state index contributed by atoms with van der Waals surface area (Å²) in [5, 5.41) is 19.4. The smallest absolute Gasteiger partial charge is 0.161 e. The van der Waals surface area contributed by atoms with Crippen molar-refractivity contribution in [1.29, 1.82) is 0 Å². The van der Waals surface area contributed by atoms with Crippen molar-refractivity contribution in [2.45, 2.75) is 37.8 Å². The van der Waals surface area contributed by atoms with Crippen molar-refractivity contribution in [3.8, 4) is 0 Å². The van der Waals surface area contributed by atoms with Crippen LogP contribution in [0.5, 0.6) is 0 Å². The first-order chi connectivity index (χ1) is 8.61. The predicted molar refractivity (Wildman–Crippen MR) is 67.0 cm³/mol. The van der Waals surface area contributed by atoms with Crippen molar-refractivity contribution in [2.24, 2.45) is 0 Å². The van der Waals surface area contributed by atoms with E-state index in [1.807, 2.05) is 30.3 Å². The van der Waals surface area contributed by atoms with Gasteiger partial charge in [-0.1, -0.05) is 30.3 Å². The lowest BCUT2D eigenvalue weighted by Crippen LogP contribution is -2.40. The van der Waals surface area contributed by atoms with E-state index in [0.717, 1.165) is 5.56 Å². The van der Waals surface area contributed by atoms with E-state index in [2.05, 4.69) is 0 Å². The molecule has 1 aromatic rings. The van der Waals surface area contributed by atoms with Crippen LogP contribution >= 0.6 is 0 Å². The summed E-state index contributed by atoms with van der Waals surface area (Å²) >= 11 is 0. The number of hydrogen-bond acceptors (Lipinski definition) is 4. The molecular weight excluding hydrogens is 232 g/mol. The van der Waals surface area contributed by atoms with Crippen LogP contribution in [0.2, 0.25) is 0 Å². The van der Waals surface area contributed by atoms with E-state index in [0.29, 0.717) is 19.4 Å². The zero-order valence-corrected chi connectivity index (χ0v) is 10.6. The summed E-state index contributed by atoms with van der Waals surface area (Å²) in [6.07, 6.45) is 0.161. The van der Waals surface area contributed by atoms with Crippen molar-refractivity contribution in [2.75, 3.05) is 13.2 Å². The number of aliphatic hydroxyl groups is 2. The van der Waals surface area contributed by atoms with Gasteiger partial charge in [-0.15, -0.1) is 0 Å². The van der Waals surface area contributed by atoms with Crippen LogP contribution in [0.1, 0.15) is 31.4 Å². The van der Waals surface area contributed by atoms with Crippen LogP contribution in [-0.2, 0) is 9.47 Å². The molecule has 0 unspecified atom stereocenters. The highest BCUT2D eigenvalue weighted by Crippen LogP contribution is 2.28. The van der Waals surface area contributed by atoms with Gasteiger partial charge in [0, 0.05) is 6.42 Å². The molecule has 0 amide bonds. The molecule has 3 atom stereocenters. The lowest BCUT2D eigenvalue weighted by molar-refractivity contribution is -0.231. The largest absolute Gasteiger partial charge is 0.393 e. The Morgan fingerprint density at radius 3 is 2.78 bits per heavy atom. The molecule has 0 saturated carbocycles. The molecule has 0 aromatic heterocycles. The molecule has 2 rings (SSSR count). The minimum Gasteiger partial charge on any atom is -0.393 e. The van der Waals surface area contributed by atoms with Gasteiger partial charge in [0.05, 0.1) is 18.8 Å². The van der Waals surface area contributed by atoms with Gasteiger partial charge in [-0.25, -0.2) is 0 Å². The molecule has 1 aliphatic heterocycles. The van der Waals surface area contributed by atoms with E-state index in [9.17, 15) is 10.2 Å². The number of hydrogen-bond donors (Lipinski definition) is 2. The second-order valence-corrected chi connectivity index (χ2v) is 4.97. The van der Waals surface area contributed by atoms with Crippen LogP contribution in [0, 0.1) is 0 Å². The van der Waals surface area contributed by atoms with E-state index in [1.165, 1.54) is 0 Å². The molecule has 18 heavy (non-hydrogen) atoms. The first-order valence-corrected chi connectivity index (χ1v) is 6.26. The summed E-state index contributed by atoms with van der Waals surface area (Å²) in [6.45, 7) is 2.15. The Bertz CT molecular complexity index is 363. The lowest BCUT2D eigenvalue weighted by Gasteiger charge is -2.35. The predicted octanol–water partition coefficient (Wildman–Crippen LogP) is 1.62. The van der Waals surface area contributed by atoms with Gasteiger partial charge in [-0.3, -0.25) is 0 Å². The quantitative estimate of drug-likeness (QED) is 0.855. The number of ether oxygens (including phenoxy) is 2. The fourth-order valence-corrected chi connectivity index (χ4v) is 2.10. The van der Waals surface area contributed by atoms with Crippen LogP contribution < -0.4 is 0 Å². The van der Waals surface area contributed by atoms with E-state index < -0.39 is 18.0 Å². The molecular formula is C14H20O4. The van der Waals surface area contributed by atoms with Crippen molar-refractivity contribution in [3.63, 3.8) is 0 Å². The maximum Gasteiger partial charge on any atom is 0.161 e. The first kappa shape index (κ1) is 13.5. The molecule has 1 heterocycles. The molecule has 0 radical (unpaired) electrons. The third-order valence-electron chi connectivity index (χ3n) is 3.20. The van der Waals surface area contributed by atoms with Crippen molar-refractivity contribution in [1.82, 2.24) is 0 Å². The van der Waals surface area contributed by atoms with Gasteiger partial charge in [0.1, 0.15) is 6.10 Å². The molecule has 100 valence electrons. The van der Waals surface area contributed by atoms with Gasteiger partial charge in [-0.2, -0.15) is 0 Å². The van der Waals surface area contributed by atoms with Gasteiger partial charge in [-0.05, 0) is 18.9 Å². The summed E-state index contributed by atoms with van der Waals surface area (Å²) in [5.41, 5.74) is 0.161. The first-order valence-electron chi connectivity index (χ1n) is 6.26. The van der Waals surface area contributed by atoms with Crippen molar-refractivity contribution >= 4 is 0 Å². The number of rotatable bonds is 4. The fraction of sp³-hybridized carbons (Fsp3) is 0.571. The van der Waals surface area contributed by atoms with E-state index in [-0.39, 0.29) is 6.61 Å². The standard InChI is InChI=1S/C14H20O4/c1-14(16)7-8-17-13(9-14)18-12(10-15)11-5-3-2-4-6-11/h2-6,12-13,15-16H,7-10H2,1H3/t12-,13+,14-/m1/s1. The van der Waals surface area contributed by atoms with Crippen LogP contribution in [0.3, 0.4) is 0 Å². The zero-order valence-electron chi connectivity index (χ0n) is 10.6. The summed E-state index contributed by atoms with van der Waals surface area (Å²) < 4.78 is 11.2. The third-order valence-corrected chi connectivity index (χ3v) is 3.20. The lowest BCUT2D eigenvalue weighted by atomic mass is 9.96. The average molecular weight is 252 g/mol. The molecule has 1 aromatic carbocycles. The molecule has 4 nitrogen and oxygen atoms in total. The van der Waals surface area contributed by atoms with Gasteiger partial charge in [0.15, 0.2) is 6.29 Å². The highest BCUT2D eigenvalue weighted by molar-refractivity contribution is 5.17. The number of aliphatic hydroxyl groups excluding tert-OH is 1. The Balaban J connectivity index is 1.98.